The lowest BCUT2D eigenvalue weighted by Gasteiger charge is -2.61. The van der Waals surface area contributed by atoms with Gasteiger partial charge in [-0.25, -0.2) is 0 Å². The molecule has 4 aliphatic carbocycles. The van der Waals surface area contributed by atoms with E-state index in [0.29, 0.717) is 23.7 Å². The molecule has 4 saturated carbocycles. The Morgan fingerprint density at radius 1 is 1.03 bits per heavy atom. The van der Waals surface area contributed by atoms with Crippen molar-refractivity contribution in [3.05, 3.63) is 0 Å². The zero-order valence-electron chi connectivity index (χ0n) is 18.4. The van der Waals surface area contributed by atoms with Gasteiger partial charge in [0, 0.05) is 12.3 Å². The molecule has 0 aromatic carbocycles. The van der Waals surface area contributed by atoms with Crippen molar-refractivity contribution in [3.63, 3.8) is 0 Å². The predicted octanol–water partition coefficient (Wildman–Crippen LogP) is 3.50. The van der Waals surface area contributed by atoms with Crippen LogP contribution in [0.4, 0.5) is 0 Å². The van der Waals surface area contributed by atoms with Gasteiger partial charge in [0.25, 0.3) is 0 Å². The van der Waals surface area contributed by atoms with Crippen LogP contribution < -0.4 is 0 Å². The Morgan fingerprint density at radius 3 is 2.45 bits per heavy atom. The molecule has 0 unspecified atom stereocenters. The average molecular weight is 407 g/mol. The van der Waals surface area contributed by atoms with Crippen LogP contribution in [0.1, 0.15) is 79.1 Å². The van der Waals surface area contributed by atoms with Crippen molar-refractivity contribution in [1.82, 2.24) is 0 Å². The number of esters is 1. The first kappa shape index (κ1) is 21.3. The zero-order chi connectivity index (χ0) is 21.2. The average Bonchev–Trinajstić information content (AvgIpc) is 2.88. The van der Waals surface area contributed by atoms with Gasteiger partial charge in [0.2, 0.25) is 5.78 Å². The Morgan fingerprint density at radius 2 is 1.76 bits per heavy atom. The molecule has 4 rings (SSSR count). The maximum Gasteiger partial charge on any atom is 0.303 e. The van der Waals surface area contributed by atoms with Crippen LogP contribution in [0.15, 0.2) is 0 Å². The molecule has 5 heteroatoms. The van der Waals surface area contributed by atoms with E-state index in [1.165, 1.54) is 6.92 Å². The molecule has 0 aliphatic heterocycles. The zero-order valence-corrected chi connectivity index (χ0v) is 18.4. The number of ether oxygens (including phenoxy) is 1. The molecule has 0 aromatic heterocycles. The van der Waals surface area contributed by atoms with Crippen LogP contribution in [0.5, 0.6) is 0 Å². The van der Waals surface area contributed by atoms with Crippen molar-refractivity contribution >= 4 is 11.8 Å². The molecule has 0 radical (unpaired) electrons. The molecular weight excluding hydrogens is 368 g/mol. The highest BCUT2D eigenvalue weighted by molar-refractivity contribution is 5.91. The molecule has 0 aromatic rings. The summed E-state index contributed by atoms with van der Waals surface area (Å²) < 4.78 is 4.99. The van der Waals surface area contributed by atoms with E-state index in [9.17, 15) is 19.8 Å². The molecular formula is C24H38O5. The van der Waals surface area contributed by atoms with Gasteiger partial charge in [0.05, 0.1) is 6.10 Å². The van der Waals surface area contributed by atoms with E-state index in [2.05, 4.69) is 13.8 Å². The van der Waals surface area contributed by atoms with Crippen molar-refractivity contribution in [1.29, 1.82) is 0 Å². The Bertz CT molecular complexity index is 691. The Balaban J connectivity index is 1.61. The van der Waals surface area contributed by atoms with Crippen molar-refractivity contribution in [2.75, 3.05) is 6.61 Å². The van der Waals surface area contributed by atoms with Gasteiger partial charge in [-0.2, -0.15) is 0 Å². The number of fused-ring (bicyclic) bond motifs is 5. The first-order valence-corrected chi connectivity index (χ1v) is 11.6. The van der Waals surface area contributed by atoms with Gasteiger partial charge in [-0.15, -0.1) is 0 Å². The molecule has 5 nitrogen and oxygen atoms in total. The summed E-state index contributed by atoms with van der Waals surface area (Å²) in [5.41, 5.74) is -1.60. The van der Waals surface area contributed by atoms with Crippen LogP contribution in [-0.2, 0) is 14.3 Å². The summed E-state index contributed by atoms with van der Waals surface area (Å²) in [6.45, 7) is 7.52. The fraction of sp³-hybridized carbons (Fsp3) is 0.917. The highest BCUT2D eigenvalue weighted by Gasteiger charge is 2.69. The molecule has 0 heterocycles. The van der Waals surface area contributed by atoms with E-state index < -0.39 is 17.0 Å². The van der Waals surface area contributed by atoms with Crippen LogP contribution >= 0.6 is 0 Å². The summed E-state index contributed by atoms with van der Waals surface area (Å²) in [6.07, 6.45) is 7.82. The number of hydrogen-bond acceptors (Lipinski definition) is 5. The predicted molar refractivity (Wildman–Crippen MR) is 109 cm³/mol. The fourth-order valence-electron chi connectivity index (χ4n) is 8.45. The second-order valence-corrected chi connectivity index (χ2v) is 11.1. The number of ketones is 1. The fourth-order valence-corrected chi connectivity index (χ4v) is 8.45. The van der Waals surface area contributed by atoms with Gasteiger partial charge in [-0.1, -0.05) is 20.8 Å². The minimum atomic E-state index is -1.42. The third-order valence-corrected chi connectivity index (χ3v) is 10.1. The van der Waals surface area contributed by atoms with E-state index in [0.717, 1.165) is 51.4 Å². The first-order chi connectivity index (χ1) is 13.5. The summed E-state index contributed by atoms with van der Waals surface area (Å²) in [6, 6.07) is 0. The molecule has 164 valence electrons. The molecule has 4 aliphatic rings. The molecule has 0 spiro atoms. The maximum absolute atomic E-state index is 13.1. The van der Waals surface area contributed by atoms with Crippen LogP contribution in [-0.4, -0.2) is 40.3 Å². The molecule has 29 heavy (non-hydrogen) atoms. The molecule has 4 fully saturated rings. The third kappa shape index (κ3) is 2.94. The Labute approximate surface area is 174 Å². The Kier molecular flexibility index (Phi) is 5.18. The highest BCUT2D eigenvalue weighted by Crippen LogP contribution is 2.69. The minimum absolute atomic E-state index is 0.127. The van der Waals surface area contributed by atoms with Gasteiger partial charge < -0.3 is 14.9 Å². The Hall–Kier alpha value is -0.940. The summed E-state index contributed by atoms with van der Waals surface area (Å²) in [7, 11) is 0. The smallest absolute Gasteiger partial charge is 0.303 e. The third-order valence-electron chi connectivity index (χ3n) is 10.1. The molecule has 0 bridgehead atoms. The second-order valence-electron chi connectivity index (χ2n) is 11.1. The van der Waals surface area contributed by atoms with Gasteiger partial charge in [-0.05, 0) is 86.4 Å². The lowest BCUT2D eigenvalue weighted by molar-refractivity contribution is -0.181. The van der Waals surface area contributed by atoms with Crippen molar-refractivity contribution < 1.29 is 24.5 Å². The quantitative estimate of drug-likeness (QED) is 0.701. The summed E-state index contributed by atoms with van der Waals surface area (Å²) >= 11 is 0. The number of Topliss-reactive ketones (excluding diaryl/α,β-unsaturated/α-hetero) is 1. The second kappa shape index (κ2) is 7.05. The van der Waals surface area contributed by atoms with E-state index in [1.807, 2.05) is 6.92 Å². The van der Waals surface area contributed by atoms with E-state index in [1.54, 1.807) is 0 Å². The van der Waals surface area contributed by atoms with Crippen molar-refractivity contribution in [2.24, 2.45) is 40.4 Å². The number of carbonyl (C=O) groups excluding carboxylic acids is 2. The van der Waals surface area contributed by atoms with Crippen molar-refractivity contribution in [3.8, 4) is 0 Å². The number of hydrogen-bond donors (Lipinski definition) is 2. The molecule has 0 saturated heterocycles. The first-order valence-electron chi connectivity index (χ1n) is 11.6. The summed E-state index contributed by atoms with van der Waals surface area (Å²) in [4.78, 5) is 24.3. The van der Waals surface area contributed by atoms with Crippen molar-refractivity contribution in [2.45, 2.75) is 90.8 Å². The number of aliphatic hydroxyl groups excluding tert-OH is 1. The van der Waals surface area contributed by atoms with Gasteiger partial charge in [0.15, 0.2) is 6.61 Å². The SMILES string of the molecule is CC(=O)OCC(=O)[C@@]1(O)[C@H](C)C[C@H]2[C@@H]3CC[C@H]4C[C@@H](O)CC[C@]4(C)[C@H]3CC[C@@]21C. The lowest BCUT2D eigenvalue weighted by atomic mass is 9.44. The normalized spacial score (nSPS) is 51.5. The monoisotopic (exact) mass is 406 g/mol. The summed E-state index contributed by atoms with van der Waals surface area (Å²) in [5, 5.41) is 21.9. The maximum atomic E-state index is 13.1. The van der Waals surface area contributed by atoms with E-state index >= 15 is 0 Å². The minimum Gasteiger partial charge on any atom is -0.458 e. The highest BCUT2D eigenvalue weighted by atomic mass is 16.5. The topological polar surface area (TPSA) is 83.8 Å². The van der Waals surface area contributed by atoms with E-state index in [4.69, 9.17) is 4.74 Å². The number of aliphatic hydroxyl groups is 2. The van der Waals surface area contributed by atoms with Gasteiger partial charge in [0.1, 0.15) is 5.60 Å². The molecule has 9 atom stereocenters. The van der Waals surface area contributed by atoms with E-state index in [-0.39, 0.29) is 29.8 Å². The largest absolute Gasteiger partial charge is 0.458 e. The number of carbonyl (C=O) groups is 2. The summed E-state index contributed by atoms with van der Waals surface area (Å²) in [5.74, 6) is 1.13. The molecule has 0 amide bonds. The lowest BCUT2D eigenvalue weighted by Crippen LogP contribution is -2.60. The van der Waals surface area contributed by atoms with Crippen LogP contribution in [0.3, 0.4) is 0 Å². The van der Waals surface area contributed by atoms with Crippen LogP contribution in [0.2, 0.25) is 0 Å². The van der Waals surface area contributed by atoms with Crippen LogP contribution in [0, 0.1) is 40.4 Å². The standard InChI is InChI=1S/C24H38O5/c1-14-11-20-18-6-5-16-12-17(26)7-9-22(16,3)19(18)8-10-23(20,4)24(14,28)21(27)13-29-15(2)25/h14,16-20,26,28H,5-13H2,1-4H3/t14-,16+,17+,18-,19+,20+,22+,23+,24+/m1/s1. The molecule has 2 N–H and O–H groups in total. The van der Waals surface area contributed by atoms with Gasteiger partial charge >= 0.3 is 5.97 Å². The number of rotatable bonds is 3. The van der Waals surface area contributed by atoms with Crippen LogP contribution in [0.25, 0.3) is 0 Å². The van der Waals surface area contributed by atoms with Gasteiger partial charge in [-0.3, -0.25) is 9.59 Å².